The Morgan fingerprint density at radius 3 is 2.74 bits per heavy atom. The molecule has 0 spiro atoms. The first-order valence-corrected chi connectivity index (χ1v) is 7.20. The summed E-state index contributed by atoms with van der Waals surface area (Å²) in [6.07, 6.45) is 1.65. The van der Waals surface area contributed by atoms with Crippen LogP contribution >= 0.6 is 12.2 Å². The van der Waals surface area contributed by atoms with Gasteiger partial charge in [-0.05, 0) is 54.2 Å². The molecule has 0 aliphatic carbocycles. The second-order valence-electron chi connectivity index (χ2n) is 4.69. The zero-order valence-corrected chi connectivity index (χ0v) is 13.0. The van der Waals surface area contributed by atoms with Crippen LogP contribution in [-0.4, -0.2) is 28.2 Å². The van der Waals surface area contributed by atoms with Crippen LogP contribution in [0.25, 0.3) is 11.4 Å². The number of methoxy groups -OCH3 is 1. The van der Waals surface area contributed by atoms with Gasteiger partial charge in [-0.2, -0.15) is 14.9 Å². The van der Waals surface area contributed by atoms with Gasteiger partial charge < -0.3 is 4.74 Å². The van der Waals surface area contributed by atoms with E-state index in [1.807, 2.05) is 24.3 Å². The standard InChI is InChI=1S/C16H13FN4OS/c1-22-14-7-5-11(6-8-14)10-18-21-15(19-20-16(21)23)12-3-2-4-13(17)9-12/h2-10H,1H3,(H,20,23)/b18-10-. The minimum atomic E-state index is -0.345. The number of ether oxygens (including phenoxy) is 1. The molecule has 5 nitrogen and oxygen atoms in total. The molecule has 0 aliphatic heterocycles. The van der Waals surface area contributed by atoms with Crippen molar-refractivity contribution in [2.24, 2.45) is 5.10 Å². The van der Waals surface area contributed by atoms with Gasteiger partial charge in [0.15, 0.2) is 5.82 Å². The second-order valence-corrected chi connectivity index (χ2v) is 5.08. The molecule has 0 atom stereocenters. The highest BCUT2D eigenvalue weighted by Crippen LogP contribution is 2.18. The lowest BCUT2D eigenvalue weighted by Crippen LogP contribution is -1.95. The van der Waals surface area contributed by atoms with Gasteiger partial charge in [-0.3, -0.25) is 0 Å². The number of nitrogens with one attached hydrogen (secondary N) is 1. The number of nitrogens with zero attached hydrogens (tertiary/aromatic N) is 3. The van der Waals surface area contributed by atoms with Gasteiger partial charge in [-0.1, -0.05) is 12.1 Å². The predicted molar refractivity (Wildman–Crippen MR) is 88.8 cm³/mol. The Hall–Kier alpha value is -2.80. The summed E-state index contributed by atoms with van der Waals surface area (Å²) in [6, 6.07) is 13.5. The number of hydrogen-bond acceptors (Lipinski definition) is 4. The van der Waals surface area contributed by atoms with Gasteiger partial charge in [0.2, 0.25) is 4.77 Å². The van der Waals surface area contributed by atoms with Gasteiger partial charge in [0.05, 0.1) is 13.3 Å². The number of rotatable bonds is 4. The fourth-order valence-corrected chi connectivity index (χ4v) is 2.21. The molecule has 1 heterocycles. The Morgan fingerprint density at radius 2 is 2.04 bits per heavy atom. The predicted octanol–water partition coefficient (Wildman–Crippen LogP) is 3.64. The number of aromatic nitrogens is 3. The Morgan fingerprint density at radius 1 is 1.26 bits per heavy atom. The van der Waals surface area contributed by atoms with Crippen LogP contribution in [0.3, 0.4) is 0 Å². The monoisotopic (exact) mass is 328 g/mol. The zero-order valence-electron chi connectivity index (χ0n) is 12.2. The molecule has 0 fully saturated rings. The van der Waals surface area contributed by atoms with Gasteiger partial charge in [0.1, 0.15) is 11.6 Å². The molecule has 7 heteroatoms. The third-order valence-electron chi connectivity index (χ3n) is 3.17. The van der Waals surface area contributed by atoms with Crippen LogP contribution in [0.4, 0.5) is 4.39 Å². The lowest BCUT2D eigenvalue weighted by atomic mass is 10.2. The largest absolute Gasteiger partial charge is 0.497 e. The molecular weight excluding hydrogens is 315 g/mol. The number of benzene rings is 2. The lowest BCUT2D eigenvalue weighted by molar-refractivity contribution is 0.415. The van der Waals surface area contributed by atoms with Crippen molar-refractivity contribution < 1.29 is 9.13 Å². The maximum atomic E-state index is 13.4. The fraction of sp³-hybridized carbons (Fsp3) is 0.0625. The summed E-state index contributed by atoms with van der Waals surface area (Å²) in [7, 11) is 1.61. The molecule has 0 aliphatic rings. The Kier molecular flexibility index (Phi) is 4.29. The van der Waals surface area contributed by atoms with Crippen LogP contribution in [0.2, 0.25) is 0 Å². The highest BCUT2D eigenvalue weighted by molar-refractivity contribution is 7.71. The molecule has 0 amide bonds. The van der Waals surface area contributed by atoms with Crippen molar-refractivity contribution in [2.45, 2.75) is 0 Å². The number of H-pyrrole nitrogens is 1. The number of hydrogen-bond donors (Lipinski definition) is 1. The van der Waals surface area contributed by atoms with Gasteiger partial charge in [0.25, 0.3) is 0 Å². The topological polar surface area (TPSA) is 55.2 Å². The van der Waals surface area contributed by atoms with Crippen LogP contribution < -0.4 is 4.74 Å². The van der Waals surface area contributed by atoms with E-state index in [-0.39, 0.29) is 5.82 Å². The second kappa shape index (κ2) is 6.53. The summed E-state index contributed by atoms with van der Waals surface area (Å²) in [4.78, 5) is 0. The summed E-state index contributed by atoms with van der Waals surface area (Å²) < 4.78 is 20.3. The van der Waals surface area contributed by atoms with Crippen LogP contribution in [0.5, 0.6) is 5.75 Å². The van der Waals surface area contributed by atoms with E-state index in [2.05, 4.69) is 15.3 Å². The molecule has 2 aromatic carbocycles. The summed E-state index contributed by atoms with van der Waals surface area (Å²) in [5.74, 6) is 0.865. The molecule has 0 saturated heterocycles. The maximum absolute atomic E-state index is 13.4. The van der Waals surface area contributed by atoms with Crippen LogP contribution in [0.1, 0.15) is 5.56 Å². The molecule has 0 unspecified atom stereocenters. The van der Waals surface area contributed by atoms with E-state index in [0.717, 1.165) is 11.3 Å². The van der Waals surface area contributed by atoms with E-state index >= 15 is 0 Å². The molecule has 3 aromatic rings. The molecule has 1 N–H and O–H groups in total. The lowest BCUT2D eigenvalue weighted by Gasteiger charge is -2.02. The van der Waals surface area contributed by atoms with Crippen molar-refractivity contribution in [3.8, 4) is 17.1 Å². The quantitative estimate of drug-likeness (QED) is 0.588. The average molecular weight is 328 g/mol. The van der Waals surface area contributed by atoms with Crippen LogP contribution in [0, 0.1) is 10.6 Å². The molecule has 23 heavy (non-hydrogen) atoms. The first kappa shape index (κ1) is 15.1. The third-order valence-corrected chi connectivity index (χ3v) is 3.44. The van der Waals surface area contributed by atoms with Gasteiger partial charge in [-0.25, -0.2) is 9.49 Å². The zero-order chi connectivity index (χ0) is 16.2. The van der Waals surface area contributed by atoms with Gasteiger partial charge in [0, 0.05) is 5.56 Å². The first-order chi connectivity index (χ1) is 11.2. The third kappa shape index (κ3) is 3.35. The van der Waals surface area contributed by atoms with E-state index < -0.39 is 0 Å². The smallest absolute Gasteiger partial charge is 0.216 e. The van der Waals surface area contributed by atoms with E-state index in [1.165, 1.54) is 16.8 Å². The molecule has 0 radical (unpaired) electrons. The number of aromatic amines is 1. The van der Waals surface area contributed by atoms with Gasteiger partial charge >= 0.3 is 0 Å². The summed E-state index contributed by atoms with van der Waals surface area (Å²) >= 11 is 5.18. The average Bonchev–Trinajstić information content (AvgIpc) is 2.94. The highest BCUT2D eigenvalue weighted by Gasteiger charge is 2.08. The Labute approximate surface area is 137 Å². The molecule has 0 bridgehead atoms. The normalized spacial score (nSPS) is 11.0. The van der Waals surface area contributed by atoms with Crippen LogP contribution in [-0.2, 0) is 0 Å². The van der Waals surface area contributed by atoms with Crippen molar-refractivity contribution in [3.05, 3.63) is 64.7 Å². The van der Waals surface area contributed by atoms with Crippen LogP contribution in [0.15, 0.2) is 53.6 Å². The minimum Gasteiger partial charge on any atom is -0.497 e. The van der Waals surface area contributed by atoms with E-state index in [0.29, 0.717) is 16.2 Å². The Bertz CT molecular complexity index is 899. The minimum absolute atomic E-state index is 0.328. The van der Waals surface area contributed by atoms with E-state index in [1.54, 1.807) is 25.5 Å². The maximum Gasteiger partial charge on any atom is 0.216 e. The first-order valence-electron chi connectivity index (χ1n) is 6.79. The van der Waals surface area contributed by atoms with Crippen molar-refractivity contribution in [1.82, 2.24) is 14.9 Å². The van der Waals surface area contributed by atoms with E-state index in [4.69, 9.17) is 17.0 Å². The van der Waals surface area contributed by atoms with Crippen molar-refractivity contribution in [2.75, 3.05) is 7.11 Å². The number of halogens is 1. The summed E-state index contributed by atoms with van der Waals surface area (Å²) in [6.45, 7) is 0. The fourth-order valence-electron chi connectivity index (χ4n) is 2.03. The molecule has 116 valence electrons. The van der Waals surface area contributed by atoms with Gasteiger partial charge in [-0.15, -0.1) is 0 Å². The molecule has 1 aromatic heterocycles. The molecular formula is C16H13FN4OS. The summed E-state index contributed by atoms with van der Waals surface area (Å²) in [5, 5.41) is 11.1. The molecule has 3 rings (SSSR count). The SMILES string of the molecule is COc1ccc(/C=N\n2c(-c3cccc(F)c3)n[nH]c2=S)cc1. The summed E-state index contributed by atoms with van der Waals surface area (Å²) in [5.41, 5.74) is 1.46. The highest BCUT2D eigenvalue weighted by atomic mass is 32.1. The van der Waals surface area contributed by atoms with Crippen molar-refractivity contribution >= 4 is 18.4 Å². The van der Waals surface area contributed by atoms with E-state index in [9.17, 15) is 4.39 Å². The van der Waals surface area contributed by atoms with Crippen molar-refractivity contribution in [1.29, 1.82) is 0 Å². The molecule has 0 saturated carbocycles. The van der Waals surface area contributed by atoms with Crippen molar-refractivity contribution in [3.63, 3.8) is 0 Å². The Balaban J connectivity index is 1.95.